The van der Waals surface area contributed by atoms with Crippen molar-refractivity contribution in [1.29, 1.82) is 0 Å². The molecule has 3 heterocycles. The van der Waals surface area contributed by atoms with E-state index in [0.717, 1.165) is 22.5 Å². The number of nitrogens with zero attached hydrogens (tertiary/aromatic N) is 6. The highest BCUT2D eigenvalue weighted by Gasteiger charge is 2.19. The van der Waals surface area contributed by atoms with E-state index in [0.29, 0.717) is 16.0 Å². The van der Waals surface area contributed by atoms with E-state index in [1.54, 1.807) is 6.20 Å². The number of aromatic nitrogens is 4. The van der Waals surface area contributed by atoms with E-state index < -0.39 is 0 Å². The molecule has 33 heavy (non-hydrogen) atoms. The molecule has 0 saturated heterocycles. The van der Waals surface area contributed by atoms with Gasteiger partial charge < -0.3 is 4.90 Å². The molecule has 0 spiro atoms. The van der Waals surface area contributed by atoms with Crippen LogP contribution >= 0.6 is 22.7 Å². The molecule has 3 aromatic heterocycles. The molecule has 0 aliphatic heterocycles. The monoisotopic (exact) mass is 473 g/mol. The summed E-state index contributed by atoms with van der Waals surface area (Å²) in [5.74, 6) is 0. The number of nitrogens with one attached hydrogen (secondary N) is 1. The molecular weight excluding hydrogens is 454 g/mol. The fourth-order valence-electron chi connectivity index (χ4n) is 3.25. The minimum absolute atomic E-state index is 0.212. The average molecular weight is 474 g/mol. The third-order valence-corrected chi connectivity index (χ3v) is 6.43. The minimum Gasteiger partial charge on any atom is -0.378 e. The molecule has 0 bridgehead atoms. The molecule has 1 N–H and O–H groups in total. The molecule has 0 aliphatic rings. The van der Waals surface area contributed by atoms with Crippen LogP contribution in [0.3, 0.4) is 0 Å². The number of benzene rings is 2. The molecule has 0 radical (unpaired) electrons. The Bertz CT molecular complexity index is 1450. The molecule has 0 amide bonds. The zero-order chi connectivity index (χ0) is 22.8. The number of hydrogen-bond acceptors (Lipinski definition) is 8. The second-order valence-corrected chi connectivity index (χ2v) is 9.02. The number of hydrogen-bond donors (Lipinski definition) is 1. The van der Waals surface area contributed by atoms with Crippen molar-refractivity contribution in [3.63, 3.8) is 0 Å². The van der Waals surface area contributed by atoms with Gasteiger partial charge >= 0.3 is 5.56 Å². The maximum atomic E-state index is 13.3. The molecule has 0 aliphatic carbocycles. The smallest absolute Gasteiger partial charge is 0.301 e. The predicted molar refractivity (Wildman–Crippen MR) is 134 cm³/mol. The highest BCUT2D eigenvalue weighted by molar-refractivity contribution is 7.13. The zero-order valence-corrected chi connectivity index (χ0v) is 19.5. The second-order valence-electron chi connectivity index (χ2n) is 7.31. The van der Waals surface area contributed by atoms with E-state index in [9.17, 15) is 4.79 Å². The summed E-state index contributed by atoms with van der Waals surface area (Å²) in [6.07, 6.45) is 1.65. The minimum atomic E-state index is -0.321. The number of H-pyrrole nitrogens is 1. The van der Waals surface area contributed by atoms with Crippen LogP contribution in [-0.4, -0.2) is 33.8 Å². The Morgan fingerprint density at radius 2 is 1.76 bits per heavy atom. The van der Waals surface area contributed by atoms with Gasteiger partial charge in [-0.3, -0.25) is 9.89 Å². The number of aromatic amines is 1. The van der Waals surface area contributed by atoms with Crippen LogP contribution in [0, 0.1) is 0 Å². The highest BCUT2D eigenvalue weighted by Crippen LogP contribution is 2.30. The standard InChI is InChI=1S/C23H19N7OS2/c1-29(2)17-10-8-15(9-11-17)18-14-33-23(25-18)30-21(31)20(26-27-22-24-12-13-32-22)19(28-30)16-6-4-3-5-7-16/h3-14,28H,1-2H3. The normalized spacial score (nSPS) is 11.3. The fraction of sp³-hybridized carbons (Fsp3) is 0.0870. The van der Waals surface area contributed by atoms with Crippen LogP contribution in [-0.2, 0) is 0 Å². The lowest BCUT2D eigenvalue weighted by Gasteiger charge is -2.12. The first kappa shape index (κ1) is 21.0. The summed E-state index contributed by atoms with van der Waals surface area (Å²) in [6.45, 7) is 0. The van der Waals surface area contributed by atoms with E-state index in [2.05, 4.69) is 20.3 Å². The van der Waals surface area contributed by atoms with Crippen LogP contribution in [0.2, 0.25) is 0 Å². The molecule has 164 valence electrons. The lowest BCUT2D eigenvalue weighted by molar-refractivity contribution is 0.843. The lowest BCUT2D eigenvalue weighted by Crippen LogP contribution is -2.13. The van der Waals surface area contributed by atoms with Crippen molar-refractivity contribution in [2.24, 2.45) is 10.2 Å². The van der Waals surface area contributed by atoms with Gasteiger partial charge in [-0.1, -0.05) is 42.5 Å². The van der Waals surface area contributed by atoms with E-state index in [1.165, 1.54) is 27.4 Å². The van der Waals surface area contributed by atoms with E-state index in [-0.39, 0.29) is 11.2 Å². The molecule has 10 heteroatoms. The molecule has 0 saturated carbocycles. The van der Waals surface area contributed by atoms with Crippen molar-refractivity contribution in [3.05, 3.63) is 81.9 Å². The maximum Gasteiger partial charge on any atom is 0.301 e. The molecule has 0 unspecified atom stereocenters. The van der Waals surface area contributed by atoms with Crippen molar-refractivity contribution in [1.82, 2.24) is 19.7 Å². The Morgan fingerprint density at radius 3 is 2.45 bits per heavy atom. The summed E-state index contributed by atoms with van der Waals surface area (Å²) in [6, 6.07) is 17.7. The molecule has 5 aromatic rings. The first-order valence-electron chi connectivity index (χ1n) is 10.1. The van der Waals surface area contributed by atoms with Gasteiger partial charge in [0.05, 0.1) is 11.4 Å². The quantitative estimate of drug-likeness (QED) is 0.311. The molecular formula is C23H19N7OS2. The Balaban J connectivity index is 1.56. The van der Waals surface area contributed by atoms with Crippen molar-refractivity contribution in [2.75, 3.05) is 19.0 Å². The van der Waals surface area contributed by atoms with Crippen LogP contribution in [0.5, 0.6) is 0 Å². The van der Waals surface area contributed by atoms with Gasteiger partial charge in [0.1, 0.15) is 0 Å². The van der Waals surface area contributed by atoms with Crippen molar-refractivity contribution in [3.8, 4) is 27.6 Å². The summed E-state index contributed by atoms with van der Waals surface area (Å²) in [5.41, 5.74) is 4.19. The van der Waals surface area contributed by atoms with Crippen LogP contribution < -0.4 is 10.5 Å². The van der Waals surface area contributed by atoms with Gasteiger partial charge in [0.15, 0.2) is 5.69 Å². The first-order chi connectivity index (χ1) is 16.1. The van der Waals surface area contributed by atoms with Gasteiger partial charge in [0, 0.05) is 47.9 Å². The molecule has 5 rings (SSSR count). The van der Waals surface area contributed by atoms with Gasteiger partial charge in [-0.05, 0) is 12.1 Å². The molecule has 8 nitrogen and oxygen atoms in total. The topological polar surface area (TPSA) is 91.5 Å². The van der Waals surface area contributed by atoms with Crippen LogP contribution in [0.25, 0.3) is 27.6 Å². The van der Waals surface area contributed by atoms with Gasteiger partial charge in [-0.15, -0.1) is 32.9 Å². The predicted octanol–water partition coefficient (Wildman–Crippen LogP) is 5.89. The average Bonchev–Trinajstić information content (AvgIpc) is 3.59. The summed E-state index contributed by atoms with van der Waals surface area (Å²) < 4.78 is 1.42. The van der Waals surface area contributed by atoms with E-state index in [1.807, 2.05) is 84.4 Å². The van der Waals surface area contributed by atoms with Crippen molar-refractivity contribution < 1.29 is 0 Å². The maximum absolute atomic E-state index is 13.3. The van der Waals surface area contributed by atoms with Crippen LogP contribution in [0.1, 0.15) is 0 Å². The first-order valence-corrected chi connectivity index (χ1v) is 11.8. The summed E-state index contributed by atoms with van der Waals surface area (Å²) in [5, 5.41) is 16.3. The van der Waals surface area contributed by atoms with Crippen molar-refractivity contribution in [2.45, 2.75) is 0 Å². The number of azo groups is 1. The Morgan fingerprint density at radius 1 is 0.970 bits per heavy atom. The number of thiazole rings is 2. The third kappa shape index (κ3) is 4.26. The zero-order valence-electron chi connectivity index (χ0n) is 17.8. The Hall–Kier alpha value is -3.89. The van der Waals surface area contributed by atoms with E-state index in [4.69, 9.17) is 4.98 Å². The summed E-state index contributed by atoms with van der Waals surface area (Å²) in [4.78, 5) is 24.2. The largest absolute Gasteiger partial charge is 0.378 e. The van der Waals surface area contributed by atoms with Gasteiger partial charge in [0.2, 0.25) is 10.3 Å². The van der Waals surface area contributed by atoms with Crippen LogP contribution in [0.4, 0.5) is 16.5 Å². The van der Waals surface area contributed by atoms with Gasteiger partial charge in [0.25, 0.3) is 0 Å². The van der Waals surface area contributed by atoms with Crippen LogP contribution in [0.15, 0.2) is 86.6 Å². The summed E-state index contributed by atoms with van der Waals surface area (Å²) in [7, 11) is 4.00. The SMILES string of the molecule is CN(C)c1ccc(-c2csc(-n3[nH]c(-c4ccccc4)c(N=Nc4nccs4)c3=O)n2)cc1. The fourth-order valence-corrected chi connectivity index (χ4v) is 4.49. The molecule has 2 aromatic carbocycles. The lowest BCUT2D eigenvalue weighted by atomic mass is 10.1. The Kier molecular flexibility index (Phi) is 5.68. The highest BCUT2D eigenvalue weighted by atomic mass is 32.1. The second kappa shape index (κ2) is 8.93. The molecule has 0 fully saturated rings. The number of anilines is 1. The van der Waals surface area contributed by atoms with E-state index >= 15 is 0 Å². The number of rotatable bonds is 6. The van der Waals surface area contributed by atoms with Gasteiger partial charge in [-0.2, -0.15) is 4.68 Å². The molecule has 0 atom stereocenters. The van der Waals surface area contributed by atoms with Gasteiger partial charge in [-0.25, -0.2) is 9.97 Å². The summed E-state index contributed by atoms with van der Waals surface area (Å²) >= 11 is 2.74. The Labute approximate surface area is 197 Å². The third-order valence-electron chi connectivity index (χ3n) is 4.95. The van der Waals surface area contributed by atoms with Crippen molar-refractivity contribution >= 4 is 39.2 Å².